The Morgan fingerprint density at radius 3 is 2.75 bits per heavy atom. The first-order chi connectivity index (χ1) is 11.8. The van der Waals surface area contributed by atoms with Crippen LogP contribution in [0.4, 0.5) is 0 Å². The first-order valence-electron chi connectivity index (χ1n) is 8.66. The van der Waals surface area contributed by atoms with Gasteiger partial charge in [0.05, 0.1) is 42.5 Å². The Morgan fingerprint density at radius 1 is 1.12 bits per heavy atom. The summed E-state index contributed by atoms with van der Waals surface area (Å²) >= 11 is 0. The second-order valence-electron chi connectivity index (χ2n) is 6.53. The predicted octanol–water partition coefficient (Wildman–Crippen LogP) is 1.61. The number of benzene rings is 1. The standard InChI is InChI=1S/C18H22N4O2/c23-18(15-10-19-13-6-2-3-7-14(13)20-15)21-16-11-24-12-17(16)22-8-4-1-5-9-22/h2-3,6-7,10,16-17H,1,4-5,8-9,11-12H2,(H,21,23)/t16-,17-/m0/s1. The molecule has 2 saturated heterocycles. The topological polar surface area (TPSA) is 67.3 Å². The fourth-order valence-corrected chi connectivity index (χ4v) is 3.60. The van der Waals surface area contributed by atoms with Gasteiger partial charge >= 0.3 is 0 Å². The van der Waals surface area contributed by atoms with Crippen LogP contribution in [0.3, 0.4) is 0 Å². The first-order valence-corrected chi connectivity index (χ1v) is 8.66. The summed E-state index contributed by atoms with van der Waals surface area (Å²) in [6, 6.07) is 7.85. The lowest BCUT2D eigenvalue weighted by atomic mass is 10.0. The number of rotatable bonds is 3. The minimum Gasteiger partial charge on any atom is -0.378 e. The smallest absolute Gasteiger partial charge is 0.271 e. The molecule has 1 N–H and O–H groups in total. The summed E-state index contributed by atoms with van der Waals surface area (Å²) in [5.41, 5.74) is 1.89. The second kappa shape index (κ2) is 6.83. The third-order valence-corrected chi connectivity index (χ3v) is 4.91. The average molecular weight is 326 g/mol. The Morgan fingerprint density at radius 2 is 1.92 bits per heavy atom. The number of likely N-dealkylation sites (tertiary alicyclic amines) is 1. The van der Waals surface area contributed by atoms with E-state index in [1.165, 1.54) is 19.3 Å². The molecular formula is C18H22N4O2. The number of piperidine rings is 1. The lowest BCUT2D eigenvalue weighted by Crippen LogP contribution is -2.52. The first kappa shape index (κ1) is 15.5. The molecule has 0 radical (unpaired) electrons. The molecule has 4 rings (SSSR count). The SMILES string of the molecule is O=C(N[C@H]1COC[C@@H]1N1CCCCC1)c1cnc2ccccc2n1. The number of fused-ring (bicyclic) bond motifs is 1. The minimum atomic E-state index is -0.175. The lowest BCUT2D eigenvalue weighted by Gasteiger charge is -2.34. The summed E-state index contributed by atoms with van der Waals surface area (Å²) in [5, 5.41) is 3.10. The monoisotopic (exact) mass is 326 g/mol. The molecule has 2 aliphatic rings. The summed E-state index contributed by atoms with van der Waals surface area (Å²) in [5.74, 6) is -0.175. The molecule has 0 unspecified atom stereocenters. The highest BCUT2D eigenvalue weighted by Crippen LogP contribution is 2.19. The molecule has 2 aromatic rings. The third kappa shape index (κ3) is 3.12. The van der Waals surface area contributed by atoms with E-state index in [0.717, 1.165) is 24.1 Å². The van der Waals surface area contributed by atoms with E-state index in [1.807, 2.05) is 24.3 Å². The number of para-hydroxylation sites is 2. The van der Waals surface area contributed by atoms with Crippen LogP contribution in [0.15, 0.2) is 30.5 Å². The molecule has 126 valence electrons. The number of aromatic nitrogens is 2. The molecule has 24 heavy (non-hydrogen) atoms. The van der Waals surface area contributed by atoms with Gasteiger partial charge in [0.2, 0.25) is 0 Å². The molecular weight excluding hydrogens is 304 g/mol. The summed E-state index contributed by atoms with van der Waals surface area (Å²) in [6.07, 6.45) is 5.30. The van der Waals surface area contributed by atoms with E-state index in [1.54, 1.807) is 6.20 Å². The van der Waals surface area contributed by atoms with Gasteiger partial charge in [-0.15, -0.1) is 0 Å². The molecule has 1 amide bonds. The number of carbonyl (C=O) groups excluding carboxylic acids is 1. The van der Waals surface area contributed by atoms with E-state index < -0.39 is 0 Å². The highest BCUT2D eigenvalue weighted by molar-refractivity contribution is 5.94. The number of ether oxygens (including phenoxy) is 1. The van der Waals surface area contributed by atoms with Gasteiger partial charge in [0.25, 0.3) is 5.91 Å². The molecule has 6 nitrogen and oxygen atoms in total. The average Bonchev–Trinajstić information content (AvgIpc) is 3.10. The minimum absolute atomic E-state index is 0.0175. The van der Waals surface area contributed by atoms with E-state index in [-0.39, 0.29) is 18.0 Å². The second-order valence-corrected chi connectivity index (χ2v) is 6.53. The van der Waals surface area contributed by atoms with Gasteiger partial charge in [-0.3, -0.25) is 14.7 Å². The van der Waals surface area contributed by atoms with Crippen molar-refractivity contribution >= 4 is 16.9 Å². The van der Waals surface area contributed by atoms with Crippen LogP contribution in [0.25, 0.3) is 11.0 Å². The number of hydrogen-bond donors (Lipinski definition) is 1. The molecule has 0 aliphatic carbocycles. The number of amides is 1. The fraction of sp³-hybridized carbons (Fsp3) is 0.500. The molecule has 1 aromatic carbocycles. The molecule has 2 aliphatic heterocycles. The molecule has 0 spiro atoms. The van der Waals surface area contributed by atoms with Crippen LogP contribution in [0.1, 0.15) is 29.8 Å². The fourth-order valence-electron chi connectivity index (χ4n) is 3.60. The van der Waals surface area contributed by atoms with Crippen molar-refractivity contribution in [3.8, 4) is 0 Å². The van der Waals surface area contributed by atoms with Crippen molar-refractivity contribution in [3.05, 3.63) is 36.2 Å². The molecule has 0 saturated carbocycles. The van der Waals surface area contributed by atoms with Crippen molar-refractivity contribution in [1.82, 2.24) is 20.2 Å². The highest BCUT2D eigenvalue weighted by Gasteiger charge is 2.34. The summed E-state index contributed by atoms with van der Waals surface area (Å²) < 4.78 is 5.64. The van der Waals surface area contributed by atoms with Crippen molar-refractivity contribution in [1.29, 1.82) is 0 Å². The maximum atomic E-state index is 12.6. The number of hydrogen-bond acceptors (Lipinski definition) is 5. The van der Waals surface area contributed by atoms with Gasteiger partial charge in [-0.1, -0.05) is 18.6 Å². The Bertz CT molecular complexity index is 730. The van der Waals surface area contributed by atoms with Gasteiger partial charge in [0, 0.05) is 0 Å². The zero-order valence-corrected chi connectivity index (χ0v) is 13.6. The van der Waals surface area contributed by atoms with Gasteiger partial charge in [-0.05, 0) is 38.1 Å². The third-order valence-electron chi connectivity index (χ3n) is 4.91. The van der Waals surface area contributed by atoms with Crippen LogP contribution < -0.4 is 5.32 Å². The van der Waals surface area contributed by atoms with Crippen molar-refractivity contribution in [2.45, 2.75) is 31.3 Å². The predicted molar refractivity (Wildman–Crippen MR) is 90.8 cm³/mol. The van der Waals surface area contributed by atoms with Gasteiger partial charge in [-0.25, -0.2) is 4.98 Å². The van der Waals surface area contributed by atoms with Crippen LogP contribution in [-0.4, -0.2) is 59.2 Å². The van der Waals surface area contributed by atoms with E-state index in [4.69, 9.17) is 4.74 Å². The van der Waals surface area contributed by atoms with E-state index in [9.17, 15) is 4.79 Å². The molecule has 6 heteroatoms. The van der Waals surface area contributed by atoms with Gasteiger partial charge < -0.3 is 10.1 Å². The van der Waals surface area contributed by atoms with E-state index in [0.29, 0.717) is 18.9 Å². The Kier molecular flexibility index (Phi) is 4.40. The quantitative estimate of drug-likeness (QED) is 0.928. The largest absolute Gasteiger partial charge is 0.378 e. The van der Waals surface area contributed by atoms with Crippen LogP contribution in [0.5, 0.6) is 0 Å². The molecule has 1 aromatic heterocycles. The summed E-state index contributed by atoms with van der Waals surface area (Å²) in [6.45, 7) is 3.44. The van der Waals surface area contributed by atoms with Crippen molar-refractivity contribution in [3.63, 3.8) is 0 Å². The molecule has 2 atom stereocenters. The summed E-state index contributed by atoms with van der Waals surface area (Å²) in [7, 11) is 0. The molecule has 0 bridgehead atoms. The zero-order chi connectivity index (χ0) is 16.4. The Hall–Kier alpha value is -2.05. The molecule has 2 fully saturated rings. The van der Waals surface area contributed by atoms with Crippen LogP contribution in [-0.2, 0) is 4.74 Å². The van der Waals surface area contributed by atoms with Gasteiger partial charge in [-0.2, -0.15) is 0 Å². The van der Waals surface area contributed by atoms with Crippen molar-refractivity contribution in [2.24, 2.45) is 0 Å². The number of nitrogens with zero attached hydrogens (tertiary/aromatic N) is 3. The van der Waals surface area contributed by atoms with Crippen molar-refractivity contribution < 1.29 is 9.53 Å². The number of carbonyl (C=O) groups is 1. The lowest BCUT2D eigenvalue weighted by molar-refractivity contribution is 0.0895. The molecule has 3 heterocycles. The van der Waals surface area contributed by atoms with E-state index >= 15 is 0 Å². The van der Waals surface area contributed by atoms with Crippen LogP contribution >= 0.6 is 0 Å². The Labute approximate surface area is 141 Å². The Balaban J connectivity index is 1.47. The maximum absolute atomic E-state index is 12.6. The van der Waals surface area contributed by atoms with E-state index in [2.05, 4.69) is 20.2 Å². The normalized spacial score (nSPS) is 25.0. The van der Waals surface area contributed by atoms with Gasteiger partial charge in [0.1, 0.15) is 5.69 Å². The zero-order valence-electron chi connectivity index (χ0n) is 13.6. The van der Waals surface area contributed by atoms with Crippen LogP contribution in [0, 0.1) is 0 Å². The van der Waals surface area contributed by atoms with Gasteiger partial charge in [0.15, 0.2) is 0 Å². The highest BCUT2D eigenvalue weighted by atomic mass is 16.5. The number of nitrogens with one attached hydrogen (secondary N) is 1. The van der Waals surface area contributed by atoms with Crippen LogP contribution in [0.2, 0.25) is 0 Å². The maximum Gasteiger partial charge on any atom is 0.271 e. The summed E-state index contributed by atoms with van der Waals surface area (Å²) in [4.78, 5) is 23.8. The van der Waals surface area contributed by atoms with Crippen molar-refractivity contribution in [2.75, 3.05) is 26.3 Å².